The molecule has 9 nitrogen and oxygen atoms in total. The lowest BCUT2D eigenvalue weighted by molar-refractivity contribution is -0.131. The highest BCUT2D eigenvalue weighted by Gasteiger charge is 2.40. The lowest BCUT2D eigenvalue weighted by Crippen LogP contribution is -2.51. The van der Waals surface area contributed by atoms with Gasteiger partial charge in [0.15, 0.2) is 6.10 Å². The van der Waals surface area contributed by atoms with Crippen LogP contribution in [-0.2, 0) is 9.53 Å². The Hall–Kier alpha value is -3.20. The highest BCUT2D eigenvalue weighted by molar-refractivity contribution is 5.82. The lowest BCUT2D eigenvalue weighted by atomic mass is 9.70. The van der Waals surface area contributed by atoms with Gasteiger partial charge in [0.05, 0.1) is 12.1 Å². The molecule has 1 fully saturated rings. The molecule has 2 aromatic rings. The molecule has 1 heterocycles. The average molecular weight is 485 g/mol. The Morgan fingerprint density at radius 1 is 1.09 bits per heavy atom. The maximum Gasteiger partial charge on any atom is 0.407 e. The van der Waals surface area contributed by atoms with Crippen molar-refractivity contribution in [2.75, 3.05) is 13.2 Å². The molecule has 1 saturated carbocycles. The number of ether oxygens (including phenoxy) is 2. The van der Waals surface area contributed by atoms with Crippen LogP contribution in [0.25, 0.3) is 0 Å². The van der Waals surface area contributed by atoms with Gasteiger partial charge in [-0.15, -0.1) is 0 Å². The monoisotopic (exact) mass is 484 g/mol. The van der Waals surface area contributed by atoms with Crippen molar-refractivity contribution in [3.05, 3.63) is 54.4 Å². The summed E-state index contributed by atoms with van der Waals surface area (Å²) in [5, 5.41) is 16.3. The number of hydrogen-bond donors (Lipinski definition) is 3. The van der Waals surface area contributed by atoms with Crippen molar-refractivity contribution in [3.63, 3.8) is 0 Å². The molecule has 9 heteroatoms. The van der Waals surface area contributed by atoms with E-state index in [1.165, 1.54) is 0 Å². The third-order valence-corrected chi connectivity index (χ3v) is 6.45. The smallest absolute Gasteiger partial charge is 0.407 e. The number of amides is 2. The number of benzene rings is 1. The number of nitrogens with one attached hydrogen (secondary N) is 2. The third-order valence-electron chi connectivity index (χ3n) is 6.45. The summed E-state index contributed by atoms with van der Waals surface area (Å²) >= 11 is 0. The van der Waals surface area contributed by atoms with E-state index < -0.39 is 24.1 Å². The van der Waals surface area contributed by atoms with Crippen LogP contribution < -0.4 is 15.4 Å². The summed E-state index contributed by atoms with van der Waals surface area (Å²) < 4.78 is 11.2. The highest BCUT2D eigenvalue weighted by Crippen LogP contribution is 2.41. The fraction of sp³-hybridized carbons (Fsp3) is 0.538. The van der Waals surface area contributed by atoms with E-state index in [1.807, 2.05) is 44.2 Å². The molecule has 0 bridgehead atoms. The summed E-state index contributed by atoms with van der Waals surface area (Å²) in [6, 6.07) is 10.5. The van der Waals surface area contributed by atoms with Gasteiger partial charge >= 0.3 is 12.1 Å². The Morgan fingerprint density at radius 3 is 2.43 bits per heavy atom. The van der Waals surface area contributed by atoms with Crippen LogP contribution in [0.5, 0.6) is 6.01 Å². The van der Waals surface area contributed by atoms with Crippen molar-refractivity contribution in [1.82, 2.24) is 20.6 Å². The minimum absolute atomic E-state index is 0.180. The molecular formula is C26H36N4O5. The molecule has 1 unspecified atom stereocenters. The number of rotatable bonds is 13. The summed E-state index contributed by atoms with van der Waals surface area (Å²) in [5.74, 6) is -0.533. The fourth-order valence-electron chi connectivity index (χ4n) is 4.04. The van der Waals surface area contributed by atoms with Crippen molar-refractivity contribution in [2.24, 2.45) is 5.41 Å². The van der Waals surface area contributed by atoms with Crippen LogP contribution in [0.3, 0.4) is 0 Å². The second-order valence-corrected chi connectivity index (χ2v) is 9.23. The van der Waals surface area contributed by atoms with Gasteiger partial charge in [0.25, 0.3) is 5.91 Å². The van der Waals surface area contributed by atoms with Gasteiger partial charge < -0.3 is 25.2 Å². The number of alkyl carbamates (subject to hydrolysis) is 1. The normalized spacial score (nSPS) is 16.8. The van der Waals surface area contributed by atoms with E-state index in [1.54, 1.807) is 18.5 Å². The van der Waals surface area contributed by atoms with Crippen molar-refractivity contribution in [3.8, 4) is 6.01 Å². The van der Waals surface area contributed by atoms with Crippen LogP contribution in [0.4, 0.5) is 4.79 Å². The number of aliphatic hydroxyl groups is 1. The second-order valence-electron chi connectivity index (χ2n) is 9.23. The van der Waals surface area contributed by atoms with Crippen LogP contribution in [0.2, 0.25) is 0 Å². The minimum Gasteiger partial charge on any atom is -0.463 e. The summed E-state index contributed by atoms with van der Waals surface area (Å²) in [6.07, 6.45) is 6.01. The zero-order valence-electron chi connectivity index (χ0n) is 20.5. The van der Waals surface area contributed by atoms with E-state index in [2.05, 4.69) is 20.6 Å². The van der Waals surface area contributed by atoms with Crippen LogP contribution in [0.15, 0.2) is 48.8 Å². The molecule has 0 aliphatic heterocycles. The first-order valence-corrected chi connectivity index (χ1v) is 12.3. The molecule has 1 aliphatic rings. The maximum atomic E-state index is 12.7. The number of unbranched alkanes of at least 4 members (excludes halogenated alkanes) is 1. The molecule has 190 valence electrons. The SMILES string of the molecule is CCCC[C@H](NC(=O)OCC1(COc2ncccn2)CCC1)C(O)C(=O)N[C@H](C)c1ccccc1. The molecule has 0 spiro atoms. The largest absolute Gasteiger partial charge is 0.463 e. The molecule has 1 aromatic carbocycles. The van der Waals surface area contributed by atoms with Crippen LogP contribution >= 0.6 is 0 Å². The van der Waals surface area contributed by atoms with Crippen molar-refractivity contribution in [1.29, 1.82) is 0 Å². The van der Waals surface area contributed by atoms with Gasteiger partial charge in [-0.05, 0) is 37.8 Å². The zero-order valence-corrected chi connectivity index (χ0v) is 20.5. The molecule has 3 rings (SSSR count). The Labute approximate surface area is 206 Å². The number of carbonyl (C=O) groups excluding carboxylic acids is 2. The van der Waals surface area contributed by atoms with Gasteiger partial charge in [-0.25, -0.2) is 14.8 Å². The van der Waals surface area contributed by atoms with Crippen LogP contribution in [0, 0.1) is 5.41 Å². The fourth-order valence-corrected chi connectivity index (χ4v) is 4.04. The third kappa shape index (κ3) is 7.92. The number of carbonyl (C=O) groups is 2. The number of aliphatic hydroxyl groups excluding tert-OH is 1. The predicted molar refractivity (Wildman–Crippen MR) is 131 cm³/mol. The van der Waals surface area contributed by atoms with Crippen LogP contribution in [0.1, 0.15) is 64.0 Å². The van der Waals surface area contributed by atoms with Gasteiger partial charge in [-0.1, -0.05) is 56.5 Å². The lowest BCUT2D eigenvalue weighted by Gasteiger charge is -2.40. The van der Waals surface area contributed by atoms with Crippen molar-refractivity contribution in [2.45, 2.75) is 70.6 Å². The maximum absolute atomic E-state index is 12.7. The quantitative estimate of drug-likeness (QED) is 0.397. The van der Waals surface area contributed by atoms with Crippen LogP contribution in [-0.4, -0.2) is 52.4 Å². The number of aromatic nitrogens is 2. The molecular weight excluding hydrogens is 448 g/mol. The molecule has 3 atom stereocenters. The predicted octanol–water partition coefficient (Wildman–Crippen LogP) is 3.55. The Morgan fingerprint density at radius 2 is 1.80 bits per heavy atom. The van der Waals surface area contributed by atoms with Crippen molar-refractivity contribution >= 4 is 12.0 Å². The van der Waals surface area contributed by atoms with Gasteiger partial charge in [0, 0.05) is 17.8 Å². The van der Waals surface area contributed by atoms with E-state index in [9.17, 15) is 14.7 Å². The number of nitrogens with zero attached hydrogens (tertiary/aromatic N) is 2. The summed E-state index contributed by atoms with van der Waals surface area (Å²) in [7, 11) is 0. The van der Waals surface area contributed by atoms with Gasteiger partial charge in [-0.3, -0.25) is 4.79 Å². The molecule has 1 aromatic heterocycles. The molecule has 0 saturated heterocycles. The Kier molecular flexibility index (Phi) is 9.84. The Bertz CT molecular complexity index is 924. The summed E-state index contributed by atoms with van der Waals surface area (Å²) in [5.41, 5.74) is 0.649. The minimum atomic E-state index is -1.39. The molecule has 0 radical (unpaired) electrons. The Balaban J connectivity index is 1.51. The standard InChI is InChI=1S/C26H36N4O5/c1-3-4-12-21(22(31)23(32)29-19(2)20-10-6-5-7-11-20)30-25(33)35-18-26(13-8-14-26)17-34-24-27-15-9-16-28-24/h5-7,9-11,15-16,19,21-22,31H,3-4,8,12-14,17-18H2,1-2H3,(H,29,32)(H,30,33)/t19-,21+,22?/m1/s1. The molecule has 2 amide bonds. The number of hydrogen-bond acceptors (Lipinski definition) is 7. The van der Waals surface area contributed by atoms with Gasteiger partial charge in [0.2, 0.25) is 0 Å². The van der Waals surface area contributed by atoms with E-state index >= 15 is 0 Å². The molecule has 1 aliphatic carbocycles. The summed E-state index contributed by atoms with van der Waals surface area (Å²) in [4.78, 5) is 33.5. The second kappa shape index (κ2) is 13.0. The molecule has 3 N–H and O–H groups in total. The highest BCUT2D eigenvalue weighted by atomic mass is 16.6. The first kappa shape index (κ1) is 26.4. The first-order chi connectivity index (χ1) is 16.9. The topological polar surface area (TPSA) is 123 Å². The van der Waals surface area contributed by atoms with Crippen molar-refractivity contribution < 1.29 is 24.2 Å². The first-order valence-electron chi connectivity index (χ1n) is 12.3. The van der Waals surface area contributed by atoms with E-state index in [0.717, 1.165) is 37.7 Å². The van der Waals surface area contributed by atoms with Gasteiger partial charge in [0.1, 0.15) is 13.2 Å². The van der Waals surface area contributed by atoms with E-state index in [4.69, 9.17) is 9.47 Å². The van der Waals surface area contributed by atoms with E-state index in [0.29, 0.717) is 19.0 Å². The molecule has 35 heavy (non-hydrogen) atoms. The summed E-state index contributed by atoms with van der Waals surface area (Å²) in [6.45, 7) is 4.39. The van der Waals surface area contributed by atoms with Gasteiger partial charge in [-0.2, -0.15) is 0 Å². The zero-order chi connectivity index (χ0) is 25.1. The van der Waals surface area contributed by atoms with E-state index in [-0.39, 0.29) is 18.1 Å². The average Bonchev–Trinajstić information content (AvgIpc) is 2.86.